The number of hydrogen-bond donors (Lipinski definition) is 1. The zero-order valence-corrected chi connectivity index (χ0v) is 24.6. The summed E-state index contributed by atoms with van der Waals surface area (Å²) < 4.78 is 54.2. The van der Waals surface area contributed by atoms with Crippen LogP contribution in [0.3, 0.4) is 0 Å². The maximum atomic E-state index is 14.0. The van der Waals surface area contributed by atoms with E-state index < -0.39 is 30.5 Å². The Kier molecular flexibility index (Phi) is 7.66. The van der Waals surface area contributed by atoms with E-state index in [-0.39, 0.29) is 11.0 Å². The largest absolute Gasteiger partial charge is 0.480 e. The molecule has 0 aliphatic carbocycles. The molecule has 13 heteroatoms. The third-order valence-corrected chi connectivity index (χ3v) is 8.61. The molecule has 45 heavy (non-hydrogen) atoms. The van der Waals surface area contributed by atoms with E-state index in [0.29, 0.717) is 55.1 Å². The zero-order chi connectivity index (χ0) is 31.1. The summed E-state index contributed by atoms with van der Waals surface area (Å²) in [6, 6.07) is 15.5. The highest BCUT2D eigenvalue weighted by Gasteiger charge is 2.40. The topological polar surface area (TPSA) is 101 Å². The Morgan fingerprint density at radius 3 is 2.67 bits per heavy atom. The smallest absolute Gasteiger partial charge is 0.449 e. The lowest BCUT2D eigenvalue weighted by Gasteiger charge is -2.41. The van der Waals surface area contributed by atoms with Gasteiger partial charge in [-0.05, 0) is 36.6 Å². The quantitative estimate of drug-likeness (QED) is 0.276. The molecular formula is C32H32F3N7O3. The number of methoxy groups -OCH3 is 1. The molecule has 2 aliphatic heterocycles. The summed E-state index contributed by atoms with van der Waals surface area (Å²) in [5.74, 6) is -0.188. The number of rotatable bonds is 7. The lowest BCUT2D eigenvalue weighted by atomic mass is 10.1. The number of hydrogen-bond acceptors (Lipinski definition) is 7. The number of halogens is 3. The first-order valence-electron chi connectivity index (χ1n) is 14.9. The maximum Gasteiger partial charge on any atom is 0.449 e. The molecule has 1 N–H and O–H groups in total. The summed E-state index contributed by atoms with van der Waals surface area (Å²) in [6.07, 6.45) is -2.07. The van der Waals surface area contributed by atoms with Crippen LogP contribution in [0.25, 0.3) is 33.2 Å². The Balaban J connectivity index is 1.22. The number of piperazine rings is 1. The lowest BCUT2D eigenvalue weighted by molar-refractivity contribution is -0.148. The molecule has 2 fully saturated rings. The number of aromatic amines is 1. The van der Waals surface area contributed by atoms with Gasteiger partial charge in [-0.1, -0.05) is 30.3 Å². The molecule has 7 rings (SSSR count). The first-order valence-corrected chi connectivity index (χ1v) is 14.9. The molecule has 2 saturated heterocycles. The number of pyridine rings is 1. The standard InChI is InChI=1S/C32H32F3N7O3/c1-44-30-22(14-21-6-2-3-7-23(21)38-30)25-15-36-29(37-25)27-17-40(16-20-10-13-45-19-20)11-12-41(27)28(43)18-42-26-9-5-4-8-24(26)39-31(42)32(33,34)35/h2-9,14-15,20,27H,10-13,16-19H2,1H3,(H,36,37)/t20-,27-/m0/s1. The average Bonchev–Trinajstić information content (AvgIpc) is 3.81. The molecule has 5 aromatic rings. The summed E-state index contributed by atoms with van der Waals surface area (Å²) in [4.78, 5) is 34.4. The molecule has 2 aliphatic rings. The molecule has 3 aromatic heterocycles. The number of carbonyl (C=O) groups is 1. The van der Waals surface area contributed by atoms with Gasteiger partial charge >= 0.3 is 6.18 Å². The number of carbonyl (C=O) groups excluding carboxylic acids is 1. The minimum Gasteiger partial charge on any atom is -0.480 e. The van der Waals surface area contributed by atoms with Crippen LogP contribution in [0.2, 0.25) is 0 Å². The Morgan fingerprint density at radius 1 is 1.09 bits per heavy atom. The Morgan fingerprint density at radius 2 is 1.89 bits per heavy atom. The molecule has 5 heterocycles. The molecule has 0 bridgehead atoms. The van der Waals surface area contributed by atoms with Gasteiger partial charge in [-0.15, -0.1) is 0 Å². The first kappa shape index (κ1) is 29.2. The van der Waals surface area contributed by atoms with Crippen LogP contribution < -0.4 is 4.74 Å². The van der Waals surface area contributed by atoms with Crippen LogP contribution in [-0.4, -0.2) is 86.7 Å². The molecule has 2 aromatic carbocycles. The minimum absolute atomic E-state index is 0.186. The highest BCUT2D eigenvalue weighted by atomic mass is 19.4. The second kappa shape index (κ2) is 11.8. The fourth-order valence-electron chi connectivity index (χ4n) is 6.40. The van der Waals surface area contributed by atoms with Crippen molar-refractivity contribution < 1.29 is 27.4 Å². The van der Waals surface area contributed by atoms with Gasteiger partial charge in [0.05, 0.1) is 47.7 Å². The number of para-hydroxylation sites is 3. The number of benzene rings is 2. The number of ether oxygens (including phenoxy) is 2. The van der Waals surface area contributed by atoms with E-state index in [1.54, 1.807) is 36.4 Å². The normalized spacial score (nSPS) is 19.5. The lowest BCUT2D eigenvalue weighted by Crippen LogP contribution is -2.52. The van der Waals surface area contributed by atoms with Gasteiger partial charge in [0.2, 0.25) is 17.6 Å². The molecular weight excluding hydrogens is 587 g/mol. The number of fused-ring (bicyclic) bond motifs is 2. The van der Waals surface area contributed by atoms with Crippen molar-refractivity contribution in [1.82, 2.24) is 34.3 Å². The van der Waals surface area contributed by atoms with Crippen LogP contribution >= 0.6 is 0 Å². The molecule has 0 spiro atoms. The Bertz CT molecular complexity index is 1850. The average molecular weight is 620 g/mol. The molecule has 0 unspecified atom stereocenters. The van der Waals surface area contributed by atoms with Crippen LogP contribution in [0, 0.1) is 5.92 Å². The van der Waals surface area contributed by atoms with Crippen LogP contribution in [0.5, 0.6) is 5.88 Å². The van der Waals surface area contributed by atoms with Gasteiger partial charge in [-0.3, -0.25) is 9.69 Å². The van der Waals surface area contributed by atoms with Crippen molar-refractivity contribution in [3.63, 3.8) is 0 Å². The summed E-state index contributed by atoms with van der Waals surface area (Å²) in [6.45, 7) is 3.12. The van der Waals surface area contributed by atoms with Gasteiger partial charge in [0, 0.05) is 38.2 Å². The summed E-state index contributed by atoms with van der Waals surface area (Å²) >= 11 is 0. The summed E-state index contributed by atoms with van der Waals surface area (Å²) in [5.41, 5.74) is 2.60. The number of imidazole rings is 2. The van der Waals surface area contributed by atoms with Crippen LogP contribution in [0.4, 0.5) is 13.2 Å². The number of amides is 1. The number of aromatic nitrogens is 5. The van der Waals surface area contributed by atoms with Crippen molar-refractivity contribution in [1.29, 1.82) is 0 Å². The van der Waals surface area contributed by atoms with E-state index in [1.165, 1.54) is 6.07 Å². The molecule has 234 valence electrons. The first-order chi connectivity index (χ1) is 21.8. The highest BCUT2D eigenvalue weighted by Crippen LogP contribution is 2.35. The van der Waals surface area contributed by atoms with Gasteiger partial charge in [0.1, 0.15) is 18.4 Å². The maximum absolute atomic E-state index is 14.0. The second-order valence-electron chi connectivity index (χ2n) is 11.5. The predicted molar refractivity (Wildman–Crippen MR) is 160 cm³/mol. The van der Waals surface area contributed by atoms with Gasteiger partial charge in [0.25, 0.3) is 0 Å². The van der Waals surface area contributed by atoms with E-state index in [1.807, 2.05) is 30.3 Å². The number of alkyl halides is 3. The fraction of sp³-hybridized carbons (Fsp3) is 0.375. The van der Waals surface area contributed by atoms with Crippen molar-refractivity contribution in [3.05, 3.63) is 72.4 Å². The minimum atomic E-state index is -4.72. The second-order valence-corrected chi connectivity index (χ2v) is 11.5. The van der Waals surface area contributed by atoms with Crippen LogP contribution in [0.1, 0.15) is 24.1 Å². The molecule has 0 saturated carbocycles. The number of H-pyrrole nitrogens is 1. The van der Waals surface area contributed by atoms with Crippen molar-refractivity contribution >= 4 is 27.8 Å². The van der Waals surface area contributed by atoms with Gasteiger partial charge in [-0.2, -0.15) is 13.2 Å². The fourth-order valence-corrected chi connectivity index (χ4v) is 6.40. The third-order valence-electron chi connectivity index (χ3n) is 8.61. The number of nitrogens with one attached hydrogen (secondary N) is 1. The van der Waals surface area contributed by atoms with Gasteiger partial charge in [0.15, 0.2) is 0 Å². The van der Waals surface area contributed by atoms with E-state index in [0.717, 1.165) is 35.0 Å². The van der Waals surface area contributed by atoms with E-state index >= 15 is 0 Å². The summed E-state index contributed by atoms with van der Waals surface area (Å²) in [7, 11) is 1.55. The van der Waals surface area contributed by atoms with Crippen molar-refractivity contribution in [3.8, 4) is 17.1 Å². The SMILES string of the molecule is COc1nc2ccccc2cc1-c1cnc([C@@H]2CN(C[C@@H]3CCOC3)CCN2C(=O)Cn2c(C(F)(F)F)nc3ccccc32)[nH]1. The van der Waals surface area contributed by atoms with E-state index in [2.05, 4.69) is 19.9 Å². The van der Waals surface area contributed by atoms with Gasteiger partial charge < -0.3 is 23.9 Å². The Hall–Kier alpha value is -4.49. The van der Waals surface area contributed by atoms with E-state index in [4.69, 9.17) is 14.5 Å². The third kappa shape index (κ3) is 5.73. The van der Waals surface area contributed by atoms with Gasteiger partial charge in [-0.25, -0.2) is 15.0 Å². The highest BCUT2D eigenvalue weighted by molar-refractivity contribution is 5.85. The van der Waals surface area contributed by atoms with Crippen molar-refractivity contribution in [2.75, 3.05) is 46.5 Å². The number of nitrogens with zero attached hydrogens (tertiary/aromatic N) is 6. The van der Waals surface area contributed by atoms with Crippen LogP contribution in [-0.2, 0) is 22.3 Å². The zero-order valence-electron chi connectivity index (χ0n) is 24.6. The molecule has 1 amide bonds. The molecule has 2 atom stereocenters. The molecule has 0 radical (unpaired) electrons. The van der Waals surface area contributed by atoms with E-state index in [9.17, 15) is 18.0 Å². The monoisotopic (exact) mass is 619 g/mol. The summed E-state index contributed by atoms with van der Waals surface area (Å²) in [5, 5.41) is 0.928. The van der Waals surface area contributed by atoms with Crippen molar-refractivity contribution in [2.45, 2.75) is 25.2 Å². The Labute approximate surface area is 256 Å². The predicted octanol–water partition coefficient (Wildman–Crippen LogP) is 4.92. The van der Waals surface area contributed by atoms with Crippen molar-refractivity contribution in [2.24, 2.45) is 5.92 Å². The van der Waals surface area contributed by atoms with Crippen LogP contribution in [0.15, 0.2) is 60.8 Å². The molecule has 10 nitrogen and oxygen atoms in total.